The number of nitrogens with zero attached hydrogens (tertiary/aromatic N) is 4. The molecule has 0 bridgehead atoms. The molecule has 2 aromatic heterocycles. The predicted molar refractivity (Wildman–Crippen MR) is 135 cm³/mol. The second-order valence-electron chi connectivity index (χ2n) is 8.93. The molecule has 1 aromatic carbocycles. The largest absolute Gasteiger partial charge is 0.383 e. The number of carbonyl (C=O) groups is 1. The lowest BCUT2D eigenvalue weighted by molar-refractivity contribution is -0.119. The molecule has 0 unspecified atom stereocenters. The molecule has 0 aliphatic heterocycles. The molecule has 3 N–H and O–H groups in total. The van der Waals surface area contributed by atoms with E-state index in [1.54, 1.807) is 11.8 Å². The SMILES string of the molecule is CSCc1nc2ccccc2n1CC(=O)N(CC(C)C)c1c(N)n(CC(C)C)c(=O)[nH]c1=O. The fraction of sp³-hybridized carbons (Fsp3) is 0.478. The minimum Gasteiger partial charge on any atom is -0.383 e. The molecule has 0 aliphatic carbocycles. The molecule has 3 rings (SSSR count). The number of benzene rings is 1. The Kier molecular flexibility index (Phi) is 7.68. The minimum absolute atomic E-state index is 0.00527. The zero-order valence-corrected chi connectivity index (χ0v) is 20.6. The molecule has 178 valence electrons. The van der Waals surface area contributed by atoms with E-state index in [4.69, 9.17) is 5.73 Å². The van der Waals surface area contributed by atoms with E-state index in [1.807, 2.05) is 62.8 Å². The second-order valence-corrected chi connectivity index (χ2v) is 9.80. The van der Waals surface area contributed by atoms with Crippen LogP contribution < -0.4 is 21.9 Å². The normalized spacial score (nSPS) is 11.6. The molecule has 0 saturated carbocycles. The number of rotatable bonds is 9. The lowest BCUT2D eigenvalue weighted by atomic mass is 10.2. The predicted octanol–water partition coefficient (Wildman–Crippen LogP) is 2.68. The number of hydrogen-bond donors (Lipinski definition) is 2. The molecule has 1 amide bonds. The van der Waals surface area contributed by atoms with Crippen LogP contribution in [0.2, 0.25) is 0 Å². The number of H-pyrrole nitrogens is 1. The van der Waals surface area contributed by atoms with Crippen molar-refractivity contribution in [2.24, 2.45) is 11.8 Å². The molecular formula is C23H32N6O3S. The van der Waals surface area contributed by atoms with Gasteiger partial charge in [-0.3, -0.25) is 19.1 Å². The summed E-state index contributed by atoms with van der Waals surface area (Å²) in [5, 5.41) is 0. The van der Waals surface area contributed by atoms with Gasteiger partial charge in [0.25, 0.3) is 5.56 Å². The summed E-state index contributed by atoms with van der Waals surface area (Å²) >= 11 is 1.62. The summed E-state index contributed by atoms with van der Waals surface area (Å²) < 4.78 is 3.21. The number of fused-ring (bicyclic) bond motifs is 1. The Balaban J connectivity index is 2.10. The maximum Gasteiger partial charge on any atom is 0.330 e. The van der Waals surface area contributed by atoms with Crippen LogP contribution in [-0.2, 0) is 23.6 Å². The van der Waals surface area contributed by atoms with Crippen LogP contribution in [0.15, 0.2) is 33.9 Å². The van der Waals surface area contributed by atoms with Gasteiger partial charge in [-0.1, -0.05) is 39.8 Å². The van der Waals surface area contributed by atoms with Crippen molar-refractivity contribution in [2.75, 3.05) is 23.4 Å². The molecule has 10 heteroatoms. The van der Waals surface area contributed by atoms with E-state index in [2.05, 4.69) is 9.97 Å². The number of nitrogen functional groups attached to an aromatic ring is 1. The van der Waals surface area contributed by atoms with Gasteiger partial charge in [-0.25, -0.2) is 9.78 Å². The van der Waals surface area contributed by atoms with Crippen molar-refractivity contribution in [2.45, 2.75) is 46.5 Å². The van der Waals surface area contributed by atoms with Gasteiger partial charge in [0.2, 0.25) is 5.91 Å². The maximum absolute atomic E-state index is 13.6. The fourth-order valence-electron chi connectivity index (χ4n) is 3.83. The van der Waals surface area contributed by atoms with Crippen LogP contribution in [0, 0.1) is 11.8 Å². The Morgan fingerprint density at radius 1 is 1.15 bits per heavy atom. The summed E-state index contributed by atoms with van der Waals surface area (Å²) in [6.45, 7) is 8.45. The number of anilines is 2. The Morgan fingerprint density at radius 2 is 1.85 bits per heavy atom. The van der Waals surface area contributed by atoms with Gasteiger partial charge in [-0.2, -0.15) is 11.8 Å². The van der Waals surface area contributed by atoms with Gasteiger partial charge in [-0.15, -0.1) is 0 Å². The standard InChI is InChI=1S/C23H32N6O3S/c1-14(2)10-28(20-21(24)29(11-15(3)4)23(32)26-22(20)31)19(30)12-27-17-9-7-6-8-16(17)25-18(27)13-33-5/h6-9,14-15H,10-13,24H2,1-5H3,(H,26,31,32). The van der Waals surface area contributed by atoms with E-state index in [-0.39, 0.29) is 42.3 Å². The van der Waals surface area contributed by atoms with Crippen molar-refractivity contribution in [3.05, 3.63) is 50.9 Å². The minimum atomic E-state index is -0.661. The maximum atomic E-state index is 13.6. The van der Waals surface area contributed by atoms with Crippen molar-refractivity contribution in [3.63, 3.8) is 0 Å². The lowest BCUT2D eigenvalue weighted by Gasteiger charge is -2.27. The molecule has 33 heavy (non-hydrogen) atoms. The zero-order chi connectivity index (χ0) is 24.3. The van der Waals surface area contributed by atoms with Crippen molar-refractivity contribution < 1.29 is 4.79 Å². The van der Waals surface area contributed by atoms with Gasteiger partial charge in [0, 0.05) is 13.1 Å². The van der Waals surface area contributed by atoms with Crippen molar-refractivity contribution in [1.29, 1.82) is 0 Å². The smallest absolute Gasteiger partial charge is 0.330 e. The third kappa shape index (κ3) is 5.32. The molecule has 0 spiro atoms. The van der Waals surface area contributed by atoms with E-state index in [9.17, 15) is 14.4 Å². The number of para-hydroxylation sites is 2. The number of thioether (sulfide) groups is 1. The highest BCUT2D eigenvalue weighted by atomic mass is 32.2. The Morgan fingerprint density at radius 3 is 2.48 bits per heavy atom. The molecule has 2 heterocycles. The summed E-state index contributed by atoms with van der Waals surface area (Å²) in [5.41, 5.74) is 6.76. The first-order chi connectivity index (χ1) is 15.6. The van der Waals surface area contributed by atoms with Crippen molar-refractivity contribution in [3.8, 4) is 0 Å². The quantitative estimate of drug-likeness (QED) is 0.494. The molecule has 0 atom stereocenters. The third-order valence-electron chi connectivity index (χ3n) is 5.18. The van der Waals surface area contributed by atoms with Crippen LogP contribution in [0.5, 0.6) is 0 Å². The summed E-state index contributed by atoms with van der Waals surface area (Å²) in [5.74, 6) is 1.35. The number of carbonyl (C=O) groups excluding carboxylic acids is 1. The van der Waals surface area contributed by atoms with Crippen LogP contribution in [0.4, 0.5) is 11.5 Å². The van der Waals surface area contributed by atoms with E-state index in [0.717, 1.165) is 16.9 Å². The molecule has 0 radical (unpaired) electrons. The first-order valence-corrected chi connectivity index (χ1v) is 12.4. The first-order valence-electron chi connectivity index (χ1n) is 11.0. The second kappa shape index (κ2) is 10.3. The third-order valence-corrected chi connectivity index (χ3v) is 5.73. The number of nitrogens with one attached hydrogen (secondary N) is 1. The number of aromatic amines is 1. The number of imidazole rings is 1. The number of hydrogen-bond acceptors (Lipinski definition) is 6. The highest BCUT2D eigenvalue weighted by molar-refractivity contribution is 7.97. The van der Waals surface area contributed by atoms with Gasteiger partial charge in [-0.05, 0) is 30.2 Å². The molecule has 9 nitrogen and oxygen atoms in total. The average molecular weight is 473 g/mol. The van der Waals surface area contributed by atoms with Gasteiger partial charge in [0.1, 0.15) is 18.2 Å². The first kappa shape index (κ1) is 24.6. The van der Waals surface area contributed by atoms with E-state index >= 15 is 0 Å². The van der Waals surface area contributed by atoms with E-state index in [1.165, 1.54) is 9.47 Å². The topological polar surface area (TPSA) is 119 Å². The number of amides is 1. The fourth-order valence-corrected chi connectivity index (χ4v) is 4.31. The Hall–Kier alpha value is -3.01. The molecular weight excluding hydrogens is 440 g/mol. The number of aromatic nitrogens is 4. The van der Waals surface area contributed by atoms with Crippen LogP contribution in [0.3, 0.4) is 0 Å². The van der Waals surface area contributed by atoms with Crippen molar-refractivity contribution >= 4 is 40.2 Å². The Labute approximate surface area is 197 Å². The highest BCUT2D eigenvalue weighted by Crippen LogP contribution is 2.23. The van der Waals surface area contributed by atoms with Crippen LogP contribution in [0.1, 0.15) is 33.5 Å². The average Bonchev–Trinajstić information content (AvgIpc) is 3.07. The summed E-state index contributed by atoms with van der Waals surface area (Å²) in [4.78, 5) is 47.3. The molecule has 3 aromatic rings. The molecule has 0 fully saturated rings. The van der Waals surface area contributed by atoms with E-state index < -0.39 is 11.2 Å². The van der Waals surface area contributed by atoms with Gasteiger partial charge in [0.05, 0.1) is 16.8 Å². The van der Waals surface area contributed by atoms with Crippen molar-refractivity contribution in [1.82, 2.24) is 19.1 Å². The lowest BCUT2D eigenvalue weighted by Crippen LogP contribution is -2.44. The number of nitrogens with two attached hydrogens (primary N) is 1. The van der Waals surface area contributed by atoms with Crippen LogP contribution in [0.25, 0.3) is 11.0 Å². The summed E-state index contributed by atoms with van der Waals surface area (Å²) in [6.07, 6.45) is 1.98. The highest BCUT2D eigenvalue weighted by Gasteiger charge is 2.26. The molecule has 0 saturated heterocycles. The summed E-state index contributed by atoms with van der Waals surface area (Å²) in [7, 11) is 0. The molecule has 0 aliphatic rings. The van der Waals surface area contributed by atoms with Gasteiger partial charge >= 0.3 is 5.69 Å². The monoisotopic (exact) mass is 472 g/mol. The summed E-state index contributed by atoms with van der Waals surface area (Å²) in [6, 6.07) is 7.66. The zero-order valence-electron chi connectivity index (χ0n) is 19.8. The van der Waals surface area contributed by atoms with Gasteiger partial charge < -0.3 is 15.2 Å². The van der Waals surface area contributed by atoms with Crippen LogP contribution in [-0.4, -0.2) is 37.8 Å². The Bertz CT molecular complexity index is 1260. The van der Waals surface area contributed by atoms with Gasteiger partial charge in [0.15, 0.2) is 5.69 Å². The van der Waals surface area contributed by atoms with E-state index in [0.29, 0.717) is 12.3 Å². The van der Waals surface area contributed by atoms with Crippen LogP contribution >= 0.6 is 11.8 Å².